The first-order valence-corrected chi connectivity index (χ1v) is 9.90. The molecule has 2 N–H and O–H groups in total. The van der Waals surface area contributed by atoms with Crippen molar-refractivity contribution in [1.82, 2.24) is 9.97 Å². The molecule has 0 aliphatic heterocycles. The lowest BCUT2D eigenvalue weighted by Gasteiger charge is -2.09. The van der Waals surface area contributed by atoms with E-state index in [0.29, 0.717) is 28.4 Å². The number of rotatable bonds is 7. The Morgan fingerprint density at radius 3 is 2.29 bits per heavy atom. The highest BCUT2D eigenvalue weighted by atomic mass is 32.2. The molecular formula is C21H21BN2O3S. The first-order chi connectivity index (χ1) is 13.4. The molecule has 28 heavy (non-hydrogen) atoms. The number of hydrogen-bond donors (Lipinski definition) is 2. The SMILES string of the molecule is Cc1ccc(CC(=O)c2cnc(SCc3cc(C)ccc3B(O)O)nc2)cc1. The number of nitrogens with zero attached hydrogens (tertiary/aromatic N) is 2. The number of carbonyl (C=O) groups is 1. The molecule has 0 unspecified atom stereocenters. The van der Waals surface area contributed by atoms with Crippen molar-refractivity contribution in [3.05, 3.63) is 82.7 Å². The van der Waals surface area contributed by atoms with Gasteiger partial charge in [0.15, 0.2) is 10.9 Å². The Labute approximate surface area is 169 Å². The predicted molar refractivity (Wildman–Crippen MR) is 112 cm³/mol. The normalized spacial score (nSPS) is 10.7. The van der Waals surface area contributed by atoms with Crippen LogP contribution in [0.2, 0.25) is 0 Å². The molecule has 0 aliphatic rings. The van der Waals surface area contributed by atoms with E-state index in [9.17, 15) is 14.8 Å². The second kappa shape index (κ2) is 9.14. The summed E-state index contributed by atoms with van der Waals surface area (Å²) >= 11 is 1.38. The third kappa shape index (κ3) is 5.28. The second-order valence-corrected chi connectivity index (χ2v) is 7.65. The molecule has 3 rings (SSSR count). The van der Waals surface area contributed by atoms with Gasteiger partial charge in [0.25, 0.3) is 0 Å². The molecule has 0 radical (unpaired) electrons. The number of benzene rings is 2. The molecule has 0 spiro atoms. The number of ketones is 1. The summed E-state index contributed by atoms with van der Waals surface area (Å²) in [5.74, 6) is 0.482. The Kier molecular flexibility index (Phi) is 6.62. The maximum atomic E-state index is 12.4. The van der Waals surface area contributed by atoms with Gasteiger partial charge in [0.1, 0.15) is 0 Å². The number of thioether (sulfide) groups is 1. The zero-order valence-electron chi connectivity index (χ0n) is 15.8. The van der Waals surface area contributed by atoms with Crippen LogP contribution in [0.4, 0.5) is 0 Å². The Morgan fingerprint density at radius 2 is 1.64 bits per heavy atom. The molecule has 2 aromatic carbocycles. The largest absolute Gasteiger partial charge is 0.488 e. The maximum absolute atomic E-state index is 12.4. The Morgan fingerprint density at radius 1 is 1.00 bits per heavy atom. The van der Waals surface area contributed by atoms with E-state index in [4.69, 9.17) is 0 Å². The van der Waals surface area contributed by atoms with E-state index in [-0.39, 0.29) is 5.78 Å². The van der Waals surface area contributed by atoms with Gasteiger partial charge in [-0.05, 0) is 30.4 Å². The van der Waals surface area contributed by atoms with Crippen molar-refractivity contribution in [2.45, 2.75) is 31.2 Å². The summed E-state index contributed by atoms with van der Waals surface area (Å²) in [6.45, 7) is 3.96. The van der Waals surface area contributed by atoms with Crippen LogP contribution in [0, 0.1) is 13.8 Å². The van der Waals surface area contributed by atoms with Gasteiger partial charge < -0.3 is 10.0 Å². The van der Waals surface area contributed by atoms with E-state index in [1.54, 1.807) is 18.5 Å². The molecule has 0 saturated heterocycles. The number of aryl methyl sites for hydroxylation is 2. The third-order valence-corrected chi connectivity index (χ3v) is 5.29. The molecule has 0 saturated carbocycles. The zero-order valence-corrected chi connectivity index (χ0v) is 16.6. The van der Waals surface area contributed by atoms with E-state index in [0.717, 1.165) is 22.3 Å². The van der Waals surface area contributed by atoms with Gasteiger partial charge in [-0.1, -0.05) is 65.4 Å². The van der Waals surface area contributed by atoms with Gasteiger partial charge in [-0.25, -0.2) is 9.97 Å². The summed E-state index contributed by atoms with van der Waals surface area (Å²) in [7, 11) is -1.51. The number of hydrogen-bond acceptors (Lipinski definition) is 6. The van der Waals surface area contributed by atoms with Crippen molar-refractivity contribution in [3.8, 4) is 0 Å². The standard InChI is InChI=1S/C21H21BN2O3S/c1-14-3-6-16(7-4-14)10-20(25)18-11-23-21(24-12-18)28-13-17-9-15(2)5-8-19(17)22(26)27/h3-9,11-12,26-27H,10,13H2,1-2H3. The molecule has 0 atom stereocenters. The maximum Gasteiger partial charge on any atom is 0.488 e. The van der Waals surface area contributed by atoms with Crippen LogP contribution in [0.1, 0.15) is 32.6 Å². The van der Waals surface area contributed by atoms with Crippen LogP contribution in [-0.4, -0.2) is 32.9 Å². The molecule has 1 heterocycles. The molecule has 142 valence electrons. The van der Waals surface area contributed by atoms with Crippen LogP contribution in [0.15, 0.2) is 60.0 Å². The topological polar surface area (TPSA) is 83.3 Å². The van der Waals surface area contributed by atoms with Crippen molar-refractivity contribution in [1.29, 1.82) is 0 Å². The van der Waals surface area contributed by atoms with Gasteiger partial charge >= 0.3 is 7.12 Å². The first kappa shape index (κ1) is 20.3. The summed E-state index contributed by atoms with van der Waals surface area (Å²) < 4.78 is 0. The molecule has 0 amide bonds. The Bertz CT molecular complexity index is 960. The van der Waals surface area contributed by atoms with Gasteiger partial charge in [-0.15, -0.1) is 0 Å². The van der Waals surface area contributed by atoms with Crippen molar-refractivity contribution in [2.75, 3.05) is 0 Å². The highest BCUT2D eigenvalue weighted by molar-refractivity contribution is 7.98. The van der Waals surface area contributed by atoms with Crippen molar-refractivity contribution in [3.63, 3.8) is 0 Å². The van der Waals surface area contributed by atoms with E-state index >= 15 is 0 Å². The average molecular weight is 392 g/mol. The van der Waals surface area contributed by atoms with E-state index in [1.807, 2.05) is 50.2 Å². The molecule has 0 bridgehead atoms. The van der Waals surface area contributed by atoms with Crippen LogP contribution in [0.5, 0.6) is 0 Å². The zero-order chi connectivity index (χ0) is 20.1. The van der Waals surface area contributed by atoms with Crippen LogP contribution in [0.3, 0.4) is 0 Å². The molecular weight excluding hydrogens is 371 g/mol. The molecule has 7 heteroatoms. The van der Waals surface area contributed by atoms with Crippen LogP contribution < -0.4 is 5.46 Å². The summed E-state index contributed by atoms with van der Waals surface area (Å²) in [4.78, 5) is 21.0. The van der Waals surface area contributed by atoms with Crippen LogP contribution in [-0.2, 0) is 12.2 Å². The summed E-state index contributed by atoms with van der Waals surface area (Å²) in [6.07, 6.45) is 3.41. The highest BCUT2D eigenvalue weighted by Gasteiger charge is 2.16. The predicted octanol–water partition coefficient (Wildman–Crippen LogP) is 2.49. The smallest absolute Gasteiger partial charge is 0.423 e. The monoisotopic (exact) mass is 392 g/mol. The number of Topliss-reactive ketones (excluding diaryl/α,β-unsaturated/α-hetero) is 1. The fourth-order valence-corrected chi connectivity index (χ4v) is 3.57. The lowest BCUT2D eigenvalue weighted by molar-refractivity contribution is 0.0992. The van der Waals surface area contributed by atoms with Crippen LogP contribution >= 0.6 is 11.8 Å². The molecule has 1 aromatic heterocycles. The summed E-state index contributed by atoms with van der Waals surface area (Å²) in [5.41, 5.74) is 4.94. The quantitative estimate of drug-likeness (QED) is 0.278. The van der Waals surface area contributed by atoms with Crippen molar-refractivity contribution in [2.24, 2.45) is 0 Å². The molecule has 5 nitrogen and oxygen atoms in total. The molecule has 3 aromatic rings. The van der Waals surface area contributed by atoms with Gasteiger partial charge in [0, 0.05) is 24.6 Å². The minimum atomic E-state index is -1.51. The minimum absolute atomic E-state index is 0.0234. The van der Waals surface area contributed by atoms with Crippen LogP contribution in [0.25, 0.3) is 0 Å². The molecule has 0 aliphatic carbocycles. The van der Waals surface area contributed by atoms with Gasteiger partial charge in [0.2, 0.25) is 0 Å². The van der Waals surface area contributed by atoms with E-state index < -0.39 is 7.12 Å². The van der Waals surface area contributed by atoms with Gasteiger partial charge in [0.05, 0.1) is 5.56 Å². The van der Waals surface area contributed by atoms with Crippen molar-refractivity contribution >= 4 is 30.1 Å². The van der Waals surface area contributed by atoms with Gasteiger partial charge in [-0.3, -0.25) is 4.79 Å². The van der Waals surface area contributed by atoms with Crippen molar-refractivity contribution < 1.29 is 14.8 Å². The first-order valence-electron chi connectivity index (χ1n) is 8.91. The average Bonchev–Trinajstić information content (AvgIpc) is 2.68. The fraction of sp³-hybridized carbons (Fsp3) is 0.190. The van der Waals surface area contributed by atoms with Gasteiger partial charge in [-0.2, -0.15) is 0 Å². The summed E-state index contributed by atoms with van der Waals surface area (Å²) in [5, 5.41) is 19.5. The van der Waals surface area contributed by atoms with E-state index in [2.05, 4.69) is 9.97 Å². The minimum Gasteiger partial charge on any atom is -0.423 e. The number of carbonyl (C=O) groups excluding carboxylic acids is 1. The lowest BCUT2D eigenvalue weighted by atomic mass is 9.77. The Hall–Kier alpha value is -2.48. The fourth-order valence-electron chi connectivity index (χ4n) is 2.78. The Balaban J connectivity index is 1.64. The summed E-state index contributed by atoms with van der Waals surface area (Å²) in [6, 6.07) is 13.4. The lowest BCUT2D eigenvalue weighted by Crippen LogP contribution is -2.32. The number of aromatic nitrogens is 2. The third-order valence-electron chi connectivity index (χ3n) is 4.37. The molecule has 0 fully saturated rings. The highest BCUT2D eigenvalue weighted by Crippen LogP contribution is 2.19. The van der Waals surface area contributed by atoms with E-state index in [1.165, 1.54) is 11.8 Å². The second-order valence-electron chi connectivity index (χ2n) is 6.70.